The van der Waals surface area contributed by atoms with E-state index in [0.717, 1.165) is 13.0 Å². The van der Waals surface area contributed by atoms with Gasteiger partial charge in [0.1, 0.15) is 0 Å². The molecule has 0 spiro atoms. The van der Waals surface area contributed by atoms with E-state index in [2.05, 4.69) is 10.0 Å². The van der Waals surface area contributed by atoms with Gasteiger partial charge in [0.05, 0.1) is 11.3 Å². The Balaban J connectivity index is 2.56. The van der Waals surface area contributed by atoms with Gasteiger partial charge in [0, 0.05) is 0 Å². The highest BCUT2D eigenvalue weighted by molar-refractivity contribution is 7.90. The molecule has 1 aliphatic heterocycles. The molecule has 0 aromatic rings. The minimum Gasteiger partial charge on any atom is -0.306 e. The van der Waals surface area contributed by atoms with E-state index in [4.69, 9.17) is 0 Å². The van der Waals surface area contributed by atoms with E-state index in [1.54, 1.807) is 0 Å². The first kappa shape index (κ1) is 11.5. The third-order valence-corrected chi connectivity index (χ3v) is 3.97. The average molecular weight is 220 g/mol. The van der Waals surface area contributed by atoms with Crippen molar-refractivity contribution in [2.24, 2.45) is 0 Å². The molecule has 1 rings (SSSR count). The van der Waals surface area contributed by atoms with Gasteiger partial charge in [-0.05, 0) is 33.2 Å². The van der Waals surface area contributed by atoms with Crippen molar-refractivity contribution >= 4 is 15.9 Å². The summed E-state index contributed by atoms with van der Waals surface area (Å²) >= 11 is 0. The van der Waals surface area contributed by atoms with E-state index in [1.807, 2.05) is 0 Å². The van der Waals surface area contributed by atoms with Gasteiger partial charge in [-0.1, -0.05) is 0 Å². The topological polar surface area (TPSA) is 75.3 Å². The predicted molar refractivity (Wildman–Crippen MR) is 53.2 cm³/mol. The van der Waals surface area contributed by atoms with Crippen LogP contribution in [0.1, 0.15) is 26.7 Å². The third-order valence-electron chi connectivity index (χ3n) is 2.24. The SMILES string of the molecule is CC(C)S(=O)(=O)NC(=O)[C@H]1CCCN1. The Kier molecular flexibility index (Phi) is 3.49. The Morgan fingerprint density at radius 1 is 1.50 bits per heavy atom. The highest BCUT2D eigenvalue weighted by Crippen LogP contribution is 2.06. The molecule has 1 heterocycles. The zero-order chi connectivity index (χ0) is 10.8. The third kappa shape index (κ3) is 2.68. The molecular formula is C8H16N2O3S. The van der Waals surface area contributed by atoms with Crippen molar-refractivity contribution < 1.29 is 13.2 Å². The van der Waals surface area contributed by atoms with Crippen LogP contribution in [-0.4, -0.2) is 32.2 Å². The van der Waals surface area contributed by atoms with Crippen LogP contribution in [-0.2, 0) is 14.8 Å². The predicted octanol–water partition coefficient (Wildman–Crippen LogP) is -0.407. The molecule has 1 amide bonds. The summed E-state index contributed by atoms with van der Waals surface area (Å²) in [5, 5.41) is 2.37. The van der Waals surface area contributed by atoms with Gasteiger partial charge < -0.3 is 5.32 Å². The number of rotatable bonds is 3. The molecule has 0 aromatic heterocycles. The van der Waals surface area contributed by atoms with Crippen molar-refractivity contribution in [1.29, 1.82) is 0 Å². The summed E-state index contributed by atoms with van der Waals surface area (Å²) in [5.74, 6) is -0.434. The minimum atomic E-state index is -3.47. The van der Waals surface area contributed by atoms with Gasteiger partial charge in [0.2, 0.25) is 10.0 Å². The highest BCUT2D eigenvalue weighted by Gasteiger charge is 2.26. The molecule has 1 atom stereocenters. The molecule has 0 aliphatic carbocycles. The molecular weight excluding hydrogens is 204 g/mol. The van der Waals surface area contributed by atoms with Crippen molar-refractivity contribution in [3.8, 4) is 0 Å². The van der Waals surface area contributed by atoms with Crippen molar-refractivity contribution in [2.45, 2.75) is 38.0 Å². The molecule has 0 bridgehead atoms. The Bertz CT molecular complexity index is 305. The maximum absolute atomic E-state index is 11.4. The standard InChI is InChI=1S/C8H16N2O3S/c1-6(2)14(12,13)10-8(11)7-4-3-5-9-7/h6-7,9H,3-5H2,1-2H3,(H,10,11)/t7-/m1/s1. The van der Waals surface area contributed by atoms with Crippen LogP contribution in [0, 0.1) is 0 Å². The number of hydrogen-bond donors (Lipinski definition) is 2. The number of carbonyl (C=O) groups is 1. The summed E-state index contributed by atoms with van der Waals surface area (Å²) < 4.78 is 24.7. The van der Waals surface area contributed by atoms with Gasteiger partial charge >= 0.3 is 0 Å². The van der Waals surface area contributed by atoms with Crippen molar-refractivity contribution in [1.82, 2.24) is 10.0 Å². The monoisotopic (exact) mass is 220 g/mol. The molecule has 1 fully saturated rings. The minimum absolute atomic E-state index is 0.344. The molecule has 1 saturated heterocycles. The second-order valence-electron chi connectivity index (χ2n) is 3.71. The first-order chi connectivity index (χ1) is 6.43. The summed E-state index contributed by atoms with van der Waals surface area (Å²) in [5.41, 5.74) is 0. The van der Waals surface area contributed by atoms with Crippen LogP contribution in [0.3, 0.4) is 0 Å². The average Bonchev–Trinajstić information content (AvgIpc) is 2.54. The van der Waals surface area contributed by atoms with Gasteiger partial charge in [-0.3, -0.25) is 9.52 Å². The van der Waals surface area contributed by atoms with Crippen LogP contribution >= 0.6 is 0 Å². The summed E-state index contributed by atoms with van der Waals surface area (Å²) in [7, 11) is -3.47. The molecule has 1 aliphatic rings. The van der Waals surface area contributed by atoms with Crippen LogP contribution in [0.4, 0.5) is 0 Å². The number of sulfonamides is 1. The molecule has 5 nitrogen and oxygen atoms in total. The van der Waals surface area contributed by atoms with Crippen LogP contribution < -0.4 is 10.0 Å². The summed E-state index contributed by atoms with van der Waals surface area (Å²) in [4.78, 5) is 11.4. The summed E-state index contributed by atoms with van der Waals surface area (Å²) in [6.07, 6.45) is 1.62. The Hall–Kier alpha value is -0.620. The van der Waals surface area contributed by atoms with Gasteiger partial charge in [0.25, 0.3) is 5.91 Å². The lowest BCUT2D eigenvalue weighted by molar-refractivity contribution is -0.121. The zero-order valence-electron chi connectivity index (χ0n) is 8.41. The van der Waals surface area contributed by atoms with Crippen molar-refractivity contribution in [3.05, 3.63) is 0 Å². The van der Waals surface area contributed by atoms with E-state index in [-0.39, 0.29) is 6.04 Å². The van der Waals surface area contributed by atoms with Crippen LogP contribution in [0.5, 0.6) is 0 Å². The second-order valence-corrected chi connectivity index (χ2v) is 5.95. The van der Waals surface area contributed by atoms with E-state index in [1.165, 1.54) is 13.8 Å². The Labute approximate surface area is 84.3 Å². The lowest BCUT2D eigenvalue weighted by Crippen LogP contribution is -2.45. The van der Waals surface area contributed by atoms with E-state index in [0.29, 0.717) is 6.42 Å². The molecule has 0 aromatic carbocycles. The molecule has 0 saturated carbocycles. The van der Waals surface area contributed by atoms with E-state index >= 15 is 0 Å². The number of hydrogen-bond acceptors (Lipinski definition) is 4. The highest BCUT2D eigenvalue weighted by atomic mass is 32.2. The van der Waals surface area contributed by atoms with E-state index in [9.17, 15) is 13.2 Å². The summed E-state index contributed by atoms with van der Waals surface area (Å²) in [6, 6.07) is -0.344. The van der Waals surface area contributed by atoms with Crippen LogP contribution in [0.15, 0.2) is 0 Å². The Morgan fingerprint density at radius 2 is 2.14 bits per heavy atom. The first-order valence-corrected chi connectivity index (χ1v) is 6.27. The Morgan fingerprint density at radius 3 is 2.57 bits per heavy atom. The van der Waals surface area contributed by atoms with Gasteiger partial charge in [-0.25, -0.2) is 8.42 Å². The van der Waals surface area contributed by atoms with Gasteiger partial charge in [0.15, 0.2) is 0 Å². The largest absolute Gasteiger partial charge is 0.306 e. The fraction of sp³-hybridized carbons (Fsp3) is 0.875. The first-order valence-electron chi connectivity index (χ1n) is 4.72. The summed E-state index contributed by atoms with van der Waals surface area (Å²) in [6.45, 7) is 3.86. The molecule has 2 N–H and O–H groups in total. The van der Waals surface area contributed by atoms with Crippen LogP contribution in [0.2, 0.25) is 0 Å². The zero-order valence-corrected chi connectivity index (χ0v) is 9.23. The van der Waals surface area contributed by atoms with Gasteiger partial charge in [-0.2, -0.15) is 0 Å². The maximum atomic E-state index is 11.4. The maximum Gasteiger partial charge on any atom is 0.250 e. The van der Waals surface area contributed by atoms with Crippen LogP contribution in [0.25, 0.3) is 0 Å². The lowest BCUT2D eigenvalue weighted by Gasteiger charge is -2.13. The van der Waals surface area contributed by atoms with Crippen molar-refractivity contribution in [2.75, 3.05) is 6.54 Å². The molecule has 0 unspecified atom stereocenters. The normalized spacial score (nSPS) is 22.6. The molecule has 6 heteroatoms. The van der Waals surface area contributed by atoms with Crippen molar-refractivity contribution in [3.63, 3.8) is 0 Å². The van der Waals surface area contributed by atoms with E-state index < -0.39 is 21.2 Å². The lowest BCUT2D eigenvalue weighted by atomic mass is 10.2. The fourth-order valence-corrected chi connectivity index (χ4v) is 1.90. The smallest absolute Gasteiger partial charge is 0.250 e. The van der Waals surface area contributed by atoms with Gasteiger partial charge in [-0.15, -0.1) is 0 Å². The fourth-order valence-electron chi connectivity index (χ4n) is 1.24. The quantitative estimate of drug-likeness (QED) is 0.678. The molecule has 82 valence electrons. The second kappa shape index (κ2) is 4.27. The number of nitrogens with one attached hydrogen (secondary N) is 2. The molecule has 0 radical (unpaired) electrons. The number of carbonyl (C=O) groups excluding carboxylic acids is 1. The molecule has 14 heavy (non-hydrogen) atoms. The number of amides is 1.